The predicted molar refractivity (Wildman–Crippen MR) is 56.3 cm³/mol. The Balaban J connectivity index is 3.06. The summed E-state index contributed by atoms with van der Waals surface area (Å²) in [5, 5.41) is 0.380. The van der Waals surface area contributed by atoms with Crippen LogP contribution in [0.25, 0.3) is 0 Å². The molecule has 0 saturated heterocycles. The molecule has 1 unspecified atom stereocenters. The molecule has 5 heteroatoms. The van der Waals surface area contributed by atoms with E-state index in [9.17, 15) is 4.79 Å². The van der Waals surface area contributed by atoms with Gasteiger partial charge in [0.2, 0.25) is 0 Å². The zero-order valence-corrected chi connectivity index (χ0v) is 8.58. The Kier molecular flexibility index (Phi) is 3.43. The fourth-order valence-corrected chi connectivity index (χ4v) is 1.19. The molecule has 14 heavy (non-hydrogen) atoms. The van der Waals surface area contributed by atoms with Gasteiger partial charge in [0, 0.05) is 6.20 Å². The number of Topliss-reactive ketones (excluding diaryl/α,β-unsaturated/α-hetero) is 1. The lowest BCUT2D eigenvalue weighted by atomic mass is 10.0. The molecule has 4 nitrogen and oxygen atoms in total. The number of nitrogen functional groups attached to an aromatic ring is 1. The van der Waals surface area contributed by atoms with Crippen molar-refractivity contribution in [3.8, 4) is 0 Å². The molecular weight excluding hydrogens is 202 g/mol. The smallest absolute Gasteiger partial charge is 0.183 e. The summed E-state index contributed by atoms with van der Waals surface area (Å²) in [4.78, 5) is 15.4. The topological polar surface area (TPSA) is 82.0 Å². The molecule has 0 amide bonds. The van der Waals surface area contributed by atoms with Crippen LogP contribution in [0.15, 0.2) is 12.3 Å². The summed E-state index contributed by atoms with van der Waals surface area (Å²) in [6.45, 7) is 1.83. The third-order valence-corrected chi connectivity index (χ3v) is 2.13. The van der Waals surface area contributed by atoms with Gasteiger partial charge in [-0.1, -0.05) is 18.5 Å². The van der Waals surface area contributed by atoms with Crippen molar-refractivity contribution in [2.75, 3.05) is 5.73 Å². The summed E-state index contributed by atoms with van der Waals surface area (Å²) in [5.41, 5.74) is 11.4. The summed E-state index contributed by atoms with van der Waals surface area (Å²) in [6.07, 6.45) is 1.95. The molecule has 1 atom stereocenters. The number of pyridine rings is 1. The van der Waals surface area contributed by atoms with Crippen LogP contribution in [0.1, 0.15) is 23.7 Å². The first-order valence-electron chi connectivity index (χ1n) is 4.27. The van der Waals surface area contributed by atoms with Crippen LogP contribution in [0.5, 0.6) is 0 Å². The highest BCUT2D eigenvalue weighted by atomic mass is 35.5. The van der Waals surface area contributed by atoms with E-state index in [0.717, 1.165) is 0 Å². The van der Waals surface area contributed by atoms with Crippen LogP contribution in [-0.4, -0.2) is 16.8 Å². The van der Waals surface area contributed by atoms with Crippen molar-refractivity contribution in [1.82, 2.24) is 4.98 Å². The molecule has 0 bridgehead atoms. The van der Waals surface area contributed by atoms with E-state index in [1.807, 2.05) is 6.92 Å². The zero-order chi connectivity index (χ0) is 10.7. The maximum atomic E-state index is 11.6. The number of ketones is 1. The minimum atomic E-state index is -0.544. The number of hydrogen-bond acceptors (Lipinski definition) is 4. The number of hydrogen-bond donors (Lipinski definition) is 2. The summed E-state index contributed by atoms with van der Waals surface area (Å²) < 4.78 is 0. The molecular formula is C9H12ClN3O. The predicted octanol–water partition coefficient (Wildman–Crippen LogP) is 1.24. The minimum Gasteiger partial charge on any atom is -0.383 e. The quantitative estimate of drug-likeness (QED) is 0.741. The van der Waals surface area contributed by atoms with Crippen molar-refractivity contribution in [3.63, 3.8) is 0 Å². The molecule has 0 saturated carbocycles. The number of aromatic nitrogens is 1. The van der Waals surface area contributed by atoms with Gasteiger partial charge in [-0.05, 0) is 12.5 Å². The van der Waals surface area contributed by atoms with Crippen LogP contribution in [0.2, 0.25) is 5.02 Å². The van der Waals surface area contributed by atoms with Gasteiger partial charge in [0.05, 0.1) is 16.6 Å². The van der Waals surface area contributed by atoms with Gasteiger partial charge >= 0.3 is 0 Å². The van der Waals surface area contributed by atoms with E-state index in [0.29, 0.717) is 17.0 Å². The monoisotopic (exact) mass is 213 g/mol. The summed E-state index contributed by atoms with van der Waals surface area (Å²) in [7, 11) is 0. The van der Waals surface area contributed by atoms with E-state index >= 15 is 0 Å². The highest BCUT2D eigenvalue weighted by Gasteiger charge is 2.17. The van der Waals surface area contributed by atoms with Gasteiger partial charge in [-0.3, -0.25) is 4.79 Å². The van der Waals surface area contributed by atoms with E-state index in [4.69, 9.17) is 23.1 Å². The maximum Gasteiger partial charge on any atom is 0.183 e. The fourth-order valence-electron chi connectivity index (χ4n) is 1.03. The number of rotatable bonds is 3. The summed E-state index contributed by atoms with van der Waals surface area (Å²) in [5.74, 6) is -0.0525. The van der Waals surface area contributed by atoms with Gasteiger partial charge in [0.1, 0.15) is 5.82 Å². The van der Waals surface area contributed by atoms with Crippen molar-refractivity contribution in [3.05, 3.63) is 22.8 Å². The Labute approximate surface area is 87.3 Å². The lowest BCUT2D eigenvalue weighted by Gasteiger charge is -2.09. The standard InChI is InChI=1S/C9H12ClN3O/c1-2-7(11)8(14)6-3-5(10)4-13-9(6)12/h3-4,7H,2,11H2,1H3,(H2,12,13). The van der Waals surface area contributed by atoms with Crippen LogP contribution in [0.3, 0.4) is 0 Å². The van der Waals surface area contributed by atoms with Crippen LogP contribution >= 0.6 is 11.6 Å². The molecule has 0 aliphatic heterocycles. The van der Waals surface area contributed by atoms with Gasteiger partial charge in [0.25, 0.3) is 0 Å². The fraction of sp³-hybridized carbons (Fsp3) is 0.333. The second-order valence-corrected chi connectivity index (χ2v) is 3.40. The molecule has 1 aromatic rings. The number of nitrogens with two attached hydrogens (primary N) is 2. The van der Waals surface area contributed by atoms with Crippen molar-refractivity contribution in [2.45, 2.75) is 19.4 Å². The lowest BCUT2D eigenvalue weighted by Crippen LogP contribution is -2.30. The number of halogens is 1. The molecule has 0 radical (unpaired) electrons. The van der Waals surface area contributed by atoms with Gasteiger partial charge in [-0.25, -0.2) is 4.98 Å². The molecule has 0 spiro atoms. The average molecular weight is 214 g/mol. The van der Waals surface area contributed by atoms with Crippen molar-refractivity contribution < 1.29 is 4.79 Å². The third-order valence-electron chi connectivity index (χ3n) is 1.93. The number of carbonyl (C=O) groups is 1. The number of anilines is 1. The van der Waals surface area contributed by atoms with Crippen molar-refractivity contribution in [1.29, 1.82) is 0 Å². The molecule has 0 aliphatic rings. The highest BCUT2D eigenvalue weighted by Crippen LogP contribution is 2.16. The first-order valence-corrected chi connectivity index (χ1v) is 4.64. The van der Waals surface area contributed by atoms with Crippen LogP contribution < -0.4 is 11.5 Å². The molecule has 1 rings (SSSR count). The minimum absolute atomic E-state index is 0.170. The first kappa shape index (κ1) is 10.9. The Hall–Kier alpha value is -1.13. The Morgan fingerprint density at radius 3 is 2.93 bits per heavy atom. The van der Waals surface area contributed by atoms with Crippen LogP contribution in [0.4, 0.5) is 5.82 Å². The van der Waals surface area contributed by atoms with Gasteiger partial charge in [0.15, 0.2) is 5.78 Å². The molecule has 0 aromatic carbocycles. The van der Waals surface area contributed by atoms with Gasteiger partial charge in [-0.2, -0.15) is 0 Å². The number of nitrogens with zero attached hydrogens (tertiary/aromatic N) is 1. The molecule has 0 fully saturated rings. The Bertz CT molecular complexity index is 354. The van der Waals surface area contributed by atoms with Gasteiger partial charge in [-0.15, -0.1) is 0 Å². The molecule has 1 aromatic heterocycles. The second kappa shape index (κ2) is 4.39. The third kappa shape index (κ3) is 2.21. The van der Waals surface area contributed by atoms with Gasteiger partial charge < -0.3 is 11.5 Å². The molecule has 1 heterocycles. The normalized spacial score (nSPS) is 12.5. The van der Waals surface area contributed by atoms with Crippen molar-refractivity contribution >= 4 is 23.2 Å². The highest BCUT2D eigenvalue weighted by molar-refractivity contribution is 6.31. The lowest BCUT2D eigenvalue weighted by molar-refractivity contribution is 0.0960. The van der Waals surface area contributed by atoms with E-state index in [2.05, 4.69) is 4.98 Å². The first-order chi connectivity index (χ1) is 6.56. The van der Waals surface area contributed by atoms with E-state index in [1.54, 1.807) is 0 Å². The maximum absolute atomic E-state index is 11.6. The average Bonchev–Trinajstić information content (AvgIpc) is 2.19. The molecule has 0 aliphatic carbocycles. The summed E-state index contributed by atoms with van der Waals surface area (Å²) in [6, 6.07) is 0.944. The zero-order valence-electron chi connectivity index (χ0n) is 7.83. The van der Waals surface area contributed by atoms with E-state index in [-0.39, 0.29) is 11.6 Å². The Morgan fingerprint density at radius 2 is 2.36 bits per heavy atom. The van der Waals surface area contributed by atoms with Crippen molar-refractivity contribution in [2.24, 2.45) is 5.73 Å². The van der Waals surface area contributed by atoms with Crippen LogP contribution in [-0.2, 0) is 0 Å². The molecule has 4 N–H and O–H groups in total. The Morgan fingerprint density at radius 1 is 1.71 bits per heavy atom. The number of carbonyl (C=O) groups excluding carboxylic acids is 1. The van der Waals surface area contributed by atoms with E-state index < -0.39 is 6.04 Å². The summed E-state index contributed by atoms with van der Waals surface area (Å²) >= 11 is 5.70. The van der Waals surface area contributed by atoms with Crippen LogP contribution in [0, 0.1) is 0 Å². The largest absolute Gasteiger partial charge is 0.383 e. The van der Waals surface area contributed by atoms with E-state index in [1.165, 1.54) is 12.3 Å². The second-order valence-electron chi connectivity index (χ2n) is 2.97. The molecule has 76 valence electrons. The SMILES string of the molecule is CCC(N)C(=O)c1cc(Cl)cnc1N.